The summed E-state index contributed by atoms with van der Waals surface area (Å²) in [6.45, 7) is 9.93. The number of amides is 2. The van der Waals surface area contributed by atoms with Crippen molar-refractivity contribution in [2.45, 2.75) is 53.0 Å². The van der Waals surface area contributed by atoms with Crippen molar-refractivity contribution in [3.63, 3.8) is 0 Å². The molecule has 0 aliphatic heterocycles. The maximum Gasteiger partial charge on any atom is 0.317 e. The fourth-order valence-corrected chi connectivity index (χ4v) is 1.95. The van der Waals surface area contributed by atoms with Gasteiger partial charge in [-0.15, -0.1) is 0 Å². The zero-order valence-corrected chi connectivity index (χ0v) is 13.7. The van der Waals surface area contributed by atoms with Crippen molar-refractivity contribution in [2.75, 3.05) is 26.3 Å². The molecule has 0 bridgehead atoms. The van der Waals surface area contributed by atoms with Crippen molar-refractivity contribution in [2.24, 2.45) is 5.92 Å². The third kappa shape index (κ3) is 9.28. The summed E-state index contributed by atoms with van der Waals surface area (Å²) in [4.78, 5) is 24.5. The SMILES string of the molecule is CCOCCN(CC)C(=O)NC(C)CCCC(C)C(=O)O. The average molecular weight is 302 g/mol. The Labute approximate surface area is 127 Å². The van der Waals surface area contributed by atoms with E-state index in [1.165, 1.54) is 0 Å². The minimum atomic E-state index is -0.764. The number of likely N-dealkylation sites (N-methyl/N-ethyl adjacent to an activating group) is 1. The summed E-state index contributed by atoms with van der Waals surface area (Å²) < 4.78 is 5.26. The molecule has 0 aromatic carbocycles. The highest BCUT2D eigenvalue weighted by atomic mass is 16.5. The van der Waals surface area contributed by atoms with Gasteiger partial charge in [0.1, 0.15) is 0 Å². The van der Waals surface area contributed by atoms with E-state index >= 15 is 0 Å². The molecule has 0 heterocycles. The van der Waals surface area contributed by atoms with Gasteiger partial charge in [0.2, 0.25) is 0 Å². The molecule has 0 aromatic rings. The summed E-state index contributed by atoms with van der Waals surface area (Å²) in [5.74, 6) is -1.09. The van der Waals surface area contributed by atoms with Crippen molar-refractivity contribution in [3.05, 3.63) is 0 Å². The summed E-state index contributed by atoms with van der Waals surface area (Å²) >= 11 is 0. The Morgan fingerprint density at radius 2 is 1.90 bits per heavy atom. The molecule has 21 heavy (non-hydrogen) atoms. The summed E-state index contributed by atoms with van der Waals surface area (Å²) in [5.41, 5.74) is 0. The van der Waals surface area contributed by atoms with Gasteiger partial charge in [-0.2, -0.15) is 0 Å². The quantitative estimate of drug-likeness (QED) is 0.574. The van der Waals surface area contributed by atoms with Crippen LogP contribution in [0.1, 0.15) is 47.0 Å². The Bertz CT molecular complexity index is 310. The van der Waals surface area contributed by atoms with E-state index in [2.05, 4.69) is 5.32 Å². The molecular formula is C15H30N2O4. The highest BCUT2D eigenvalue weighted by molar-refractivity contribution is 5.74. The fourth-order valence-electron chi connectivity index (χ4n) is 1.95. The summed E-state index contributed by atoms with van der Waals surface area (Å²) in [7, 11) is 0. The Morgan fingerprint density at radius 1 is 1.24 bits per heavy atom. The number of urea groups is 1. The smallest absolute Gasteiger partial charge is 0.317 e. The zero-order chi connectivity index (χ0) is 16.3. The minimum absolute atomic E-state index is 0.0413. The maximum absolute atomic E-state index is 12.0. The van der Waals surface area contributed by atoms with E-state index in [4.69, 9.17) is 9.84 Å². The summed E-state index contributed by atoms with van der Waals surface area (Å²) in [6, 6.07) is -0.0457. The van der Waals surface area contributed by atoms with Crippen molar-refractivity contribution >= 4 is 12.0 Å². The van der Waals surface area contributed by atoms with Gasteiger partial charge in [-0.05, 0) is 33.6 Å². The van der Waals surface area contributed by atoms with Crippen molar-refractivity contribution in [1.29, 1.82) is 0 Å². The Kier molecular flexibility index (Phi) is 10.7. The predicted octanol–water partition coefficient (Wildman–Crippen LogP) is 2.33. The van der Waals surface area contributed by atoms with Gasteiger partial charge < -0.3 is 20.1 Å². The van der Waals surface area contributed by atoms with Gasteiger partial charge in [-0.25, -0.2) is 4.79 Å². The summed E-state index contributed by atoms with van der Waals surface area (Å²) in [5, 5.41) is 11.8. The van der Waals surface area contributed by atoms with Crippen molar-refractivity contribution in [1.82, 2.24) is 10.2 Å². The molecule has 2 N–H and O–H groups in total. The van der Waals surface area contributed by atoms with Crippen LogP contribution in [0.25, 0.3) is 0 Å². The topological polar surface area (TPSA) is 78.9 Å². The van der Waals surface area contributed by atoms with Crippen molar-refractivity contribution in [3.8, 4) is 0 Å². The van der Waals surface area contributed by atoms with Crippen LogP contribution in [0.2, 0.25) is 0 Å². The number of hydrogen-bond donors (Lipinski definition) is 2. The van der Waals surface area contributed by atoms with Crippen LogP contribution in [0.3, 0.4) is 0 Å². The first-order valence-corrected chi connectivity index (χ1v) is 7.78. The third-order valence-electron chi connectivity index (χ3n) is 3.44. The number of nitrogens with zero attached hydrogens (tertiary/aromatic N) is 1. The van der Waals surface area contributed by atoms with Gasteiger partial charge >= 0.3 is 12.0 Å². The number of carboxylic acid groups (broad SMARTS) is 1. The fraction of sp³-hybridized carbons (Fsp3) is 0.867. The van der Waals surface area contributed by atoms with Gasteiger partial charge in [-0.3, -0.25) is 4.79 Å². The van der Waals surface area contributed by atoms with Gasteiger partial charge in [0.05, 0.1) is 12.5 Å². The molecule has 2 unspecified atom stereocenters. The monoisotopic (exact) mass is 302 g/mol. The molecule has 0 saturated heterocycles. The number of carboxylic acids is 1. The zero-order valence-electron chi connectivity index (χ0n) is 13.7. The van der Waals surface area contributed by atoms with Crippen molar-refractivity contribution < 1.29 is 19.4 Å². The maximum atomic E-state index is 12.0. The highest BCUT2D eigenvalue weighted by Gasteiger charge is 2.15. The first-order valence-electron chi connectivity index (χ1n) is 7.78. The second-order valence-electron chi connectivity index (χ2n) is 5.30. The standard InChI is InChI=1S/C15H30N2O4/c1-5-17(10-11-21-6-2)15(20)16-13(4)9-7-8-12(3)14(18)19/h12-13H,5-11H2,1-4H3,(H,16,20)(H,18,19). The lowest BCUT2D eigenvalue weighted by Gasteiger charge is -2.24. The molecule has 2 amide bonds. The van der Waals surface area contributed by atoms with Crippen LogP contribution in [0.4, 0.5) is 4.79 Å². The van der Waals surface area contributed by atoms with Crippen LogP contribution in [0.5, 0.6) is 0 Å². The molecule has 0 aromatic heterocycles. The van der Waals surface area contributed by atoms with Crippen LogP contribution < -0.4 is 5.32 Å². The van der Waals surface area contributed by atoms with E-state index in [0.29, 0.717) is 32.7 Å². The predicted molar refractivity (Wildman–Crippen MR) is 82.4 cm³/mol. The Hall–Kier alpha value is -1.30. The van der Waals surface area contributed by atoms with Gasteiger partial charge in [0.15, 0.2) is 0 Å². The Balaban J connectivity index is 3.97. The number of carbonyl (C=O) groups is 2. The van der Waals surface area contributed by atoms with E-state index in [9.17, 15) is 9.59 Å². The van der Waals surface area contributed by atoms with E-state index < -0.39 is 5.97 Å². The largest absolute Gasteiger partial charge is 0.481 e. The molecule has 0 rings (SSSR count). The van der Waals surface area contributed by atoms with Gasteiger partial charge in [0.25, 0.3) is 0 Å². The lowest BCUT2D eigenvalue weighted by Crippen LogP contribution is -2.45. The average Bonchev–Trinajstić information content (AvgIpc) is 2.43. The first-order chi connectivity index (χ1) is 9.92. The molecule has 0 spiro atoms. The molecule has 0 saturated carbocycles. The molecule has 0 aliphatic rings. The molecule has 0 aliphatic carbocycles. The normalized spacial score (nSPS) is 13.5. The molecule has 124 valence electrons. The van der Waals surface area contributed by atoms with E-state index in [0.717, 1.165) is 12.8 Å². The number of nitrogens with one attached hydrogen (secondary N) is 1. The number of carbonyl (C=O) groups excluding carboxylic acids is 1. The van der Waals surface area contributed by atoms with Crippen LogP contribution >= 0.6 is 0 Å². The van der Waals surface area contributed by atoms with E-state index in [1.807, 2.05) is 20.8 Å². The van der Waals surface area contributed by atoms with Gasteiger partial charge in [-0.1, -0.05) is 13.3 Å². The molecule has 2 atom stereocenters. The lowest BCUT2D eigenvalue weighted by molar-refractivity contribution is -0.141. The molecule has 6 heteroatoms. The van der Waals surface area contributed by atoms with Crippen LogP contribution in [-0.2, 0) is 9.53 Å². The van der Waals surface area contributed by atoms with Gasteiger partial charge in [0, 0.05) is 25.7 Å². The minimum Gasteiger partial charge on any atom is -0.481 e. The molecular weight excluding hydrogens is 272 g/mol. The molecule has 0 radical (unpaired) electrons. The summed E-state index contributed by atoms with van der Waals surface area (Å²) in [6.07, 6.45) is 2.21. The van der Waals surface area contributed by atoms with Crippen LogP contribution in [0, 0.1) is 5.92 Å². The molecule has 0 fully saturated rings. The molecule has 6 nitrogen and oxygen atoms in total. The number of ether oxygens (including phenoxy) is 1. The lowest BCUT2D eigenvalue weighted by atomic mass is 10.0. The van der Waals surface area contributed by atoms with E-state index in [1.54, 1.807) is 11.8 Å². The second kappa shape index (κ2) is 11.4. The van der Waals surface area contributed by atoms with E-state index in [-0.39, 0.29) is 18.0 Å². The third-order valence-corrected chi connectivity index (χ3v) is 3.44. The number of hydrogen-bond acceptors (Lipinski definition) is 3. The number of aliphatic carboxylic acids is 1. The second-order valence-corrected chi connectivity index (χ2v) is 5.30. The Morgan fingerprint density at radius 3 is 2.43 bits per heavy atom. The number of rotatable bonds is 11. The van der Waals surface area contributed by atoms with Crippen LogP contribution in [0.15, 0.2) is 0 Å². The highest BCUT2D eigenvalue weighted by Crippen LogP contribution is 2.09. The first kappa shape index (κ1) is 19.7. The van der Waals surface area contributed by atoms with Crippen LogP contribution in [-0.4, -0.2) is 54.4 Å².